The summed E-state index contributed by atoms with van der Waals surface area (Å²) >= 11 is 6.02. The monoisotopic (exact) mass is 267 g/mol. The van der Waals surface area contributed by atoms with Crippen LogP contribution in [0.1, 0.15) is 31.7 Å². The average Bonchev–Trinajstić information content (AvgIpc) is 2.77. The van der Waals surface area contributed by atoms with E-state index in [2.05, 4.69) is 24.0 Å². The van der Waals surface area contributed by atoms with Gasteiger partial charge < -0.3 is 10.0 Å². The van der Waals surface area contributed by atoms with Crippen molar-refractivity contribution in [3.05, 3.63) is 34.9 Å². The van der Waals surface area contributed by atoms with Gasteiger partial charge in [-0.3, -0.25) is 0 Å². The van der Waals surface area contributed by atoms with Crippen molar-refractivity contribution in [1.29, 1.82) is 0 Å². The van der Waals surface area contributed by atoms with Gasteiger partial charge in [0.05, 0.1) is 6.10 Å². The Morgan fingerprint density at radius 3 is 2.83 bits per heavy atom. The van der Waals surface area contributed by atoms with Gasteiger partial charge >= 0.3 is 0 Å². The van der Waals surface area contributed by atoms with Gasteiger partial charge in [0.25, 0.3) is 0 Å². The summed E-state index contributed by atoms with van der Waals surface area (Å²) < 4.78 is 0. The van der Waals surface area contributed by atoms with Crippen LogP contribution in [-0.2, 0) is 0 Å². The molecule has 1 aromatic rings. The summed E-state index contributed by atoms with van der Waals surface area (Å²) in [5.74, 6) is 0.924. The van der Waals surface area contributed by atoms with Gasteiger partial charge in [0.2, 0.25) is 0 Å². The third kappa shape index (κ3) is 3.47. The van der Waals surface area contributed by atoms with Gasteiger partial charge in [0.15, 0.2) is 0 Å². The van der Waals surface area contributed by atoms with Crippen molar-refractivity contribution >= 4 is 11.6 Å². The molecule has 0 spiro atoms. The van der Waals surface area contributed by atoms with Crippen LogP contribution in [0.5, 0.6) is 0 Å². The number of aliphatic hydroxyl groups excluding tert-OH is 1. The van der Waals surface area contributed by atoms with Crippen molar-refractivity contribution in [2.45, 2.75) is 32.3 Å². The van der Waals surface area contributed by atoms with Gasteiger partial charge in [-0.15, -0.1) is 0 Å². The van der Waals surface area contributed by atoms with Crippen molar-refractivity contribution in [2.75, 3.05) is 19.6 Å². The van der Waals surface area contributed by atoms with Gasteiger partial charge in [0.1, 0.15) is 0 Å². The van der Waals surface area contributed by atoms with Gasteiger partial charge in [-0.05, 0) is 49.4 Å². The van der Waals surface area contributed by atoms with Crippen molar-refractivity contribution in [2.24, 2.45) is 5.92 Å². The van der Waals surface area contributed by atoms with Crippen LogP contribution in [0.2, 0.25) is 5.02 Å². The normalized spacial score (nSPS) is 24.1. The highest BCUT2D eigenvalue weighted by Crippen LogP contribution is 2.25. The first-order valence-corrected chi connectivity index (χ1v) is 7.10. The number of rotatable bonds is 4. The number of hydrogen-bond acceptors (Lipinski definition) is 2. The number of halogens is 1. The average molecular weight is 268 g/mol. The molecule has 1 aliphatic heterocycles. The Morgan fingerprint density at radius 2 is 2.22 bits per heavy atom. The predicted molar refractivity (Wildman–Crippen MR) is 76.1 cm³/mol. The second-order valence-electron chi connectivity index (χ2n) is 5.50. The van der Waals surface area contributed by atoms with E-state index in [1.54, 1.807) is 0 Å². The molecule has 0 amide bonds. The van der Waals surface area contributed by atoms with E-state index >= 15 is 0 Å². The maximum absolute atomic E-state index is 9.61. The molecule has 1 N–H and O–H groups in total. The molecular formula is C15H22ClNO. The van der Waals surface area contributed by atoms with E-state index in [1.807, 2.05) is 19.1 Å². The molecule has 2 rings (SSSR count). The van der Waals surface area contributed by atoms with E-state index in [-0.39, 0.29) is 6.10 Å². The predicted octanol–water partition coefficient (Wildman–Crippen LogP) is 3.15. The maximum Gasteiger partial charge on any atom is 0.0552 e. The Morgan fingerprint density at radius 1 is 1.44 bits per heavy atom. The van der Waals surface area contributed by atoms with E-state index in [4.69, 9.17) is 11.6 Å². The Hall–Kier alpha value is -0.570. The van der Waals surface area contributed by atoms with Crippen LogP contribution in [0.3, 0.4) is 0 Å². The van der Waals surface area contributed by atoms with Gasteiger partial charge in [-0.2, -0.15) is 0 Å². The van der Waals surface area contributed by atoms with E-state index in [1.165, 1.54) is 5.56 Å². The summed E-state index contributed by atoms with van der Waals surface area (Å²) in [5, 5.41) is 10.4. The first-order chi connectivity index (χ1) is 8.56. The van der Waals surface area contributed by atoms with Crippen molar-refractivity contribution in [3.63, 3.8) is 0 Å². The lowest BCUT2D eigenvalue weighted by Crippen LogP contribution is -2.27. The third-order valence-corrected chi connectivity index (χ3v) is 4.18. The van der Waals surface area contributed by atoms with E-state index in [0.717, 1.165) is 31.1 Å². The highest BCUT2D eigenvalue weighted by molar-refractivity contribution is 6.30. The molecule has 0 unspecified atom stereocenters. The second-order valence-corrected chi connectivity index (χ2v) is 5.94. The van der Waals surface area contributed by atoms with E-state index < -0.39 is 0 Å². The fourth-order valence-corrected chi connectivity index (χ4v) is 2.93. The molecule has 0 bridgehead atoms. The molecule has 1 heterocycles. The first-order valence-electron chi connectivity index (χ1n) is 6.72. The van der Waals surface area contributed by atoms with Crippen LogP contribution in [0.4, 0.5) is 0 Å². The number of benzene rings is 1. The zero-order valence-electron chi connectivity index (χ0n) is 11.1. The van der Waals surface area contributed by atoms with Crippen LogP contribution in [0.15, 0.2) is 24.3 Å². The summed E-state index contributed by atoms with van der Waals surface area (Å²) in [7, 11) is 0. The van der Waals surface area contributed by atoms with Crippen LogP contribution in [0, 0.1) is 5.92 Å². The molecule has 3 atom stereocenters. The lowest BCUT2D eigenvalue weighted by molar-refractivity contribution is 0.127. The summed E-state index contributed by atoms with van der Waals surface area (Å²) in [6.45, 7) is 7.29. The fraction of sp³-hybridized carbons (Fsp3) is 0.600. The Balaban J connectivity index is 1.90. The van der Waals surface area contributed by atoms with Gasteiger partial charge in [-0.25, -0.2) is 0 Å². The molecule has 0 radical (unpaired) electrons. The molecule has 1 aromatic carbocycles. The minimum absolute atomic E-state index is 0.184. The lowest BCUT2D eigenvalue weighted by atomic mass is 10.0. The topological polar surface area (TPSA) is 23.5 Å². The quantitative estimate of drug-likeness (QED) is 0.906. The standard InChI is InChI=1S/C15H22ClNO/c1-11(13-4-3-5-15(16)8-13)9-17-7-6-14(10-17)12(2)18/h3-5,8,11-12,14,18H,6-7,9-10H2,1-2H3/t11-,12+,14-/m1/s1. The molecule has 18 heavy (non-hydrogen) atoms. The number of hydrogen-bond donors (Lipinski definition) is 1. The van der Waals surface area contributed by atoms with E-state index in [9.17, 15) is 5.11 Å². The Bertz CT molecular complexity index is 394. The molecule has 0 saturated carbocycles. The van der Waals surface area contributed by atoms with Crippen molar-refractivity contribution in [1.82, 2.24) is 4.90 Å². The second kappa shape index (κ2) is 6.05. The molecular weight excluding hydrogens is 246 g/mol. The number of likely N-dealkylation sites (tertiary alicyclic amines) is 1. The summed E-state index contributed by atoms with van der Waals surface area (Å²) in [6.07, 6.45) is 0.927. The first kappa shape index (κ1) is 13.9. The minimum atomic E-state index is -0.184. The summed E-state index contributed by atoms with van der Waals surface area (Å²) in [5.41, 5.74) is 1.29. The lowest BCUT2D eigenvalue weighted by Gasteiger charge is -2.22. The molecule has 2 nitrogen and oxygen atoms in total. The van der Waals surface area contributed by atoms with Crippen LogP contribution >= 0.6 is 11.6 Å². The highest BCUT2D eigenvalue weighted by Gasteiger charge is 2.26. The Kier molecular flexibility index (Phi) is 4.66. The highest BCUT2D eigenvalue weighted by atomic mass is 35.5. The largest absolute Gasteiger partial charge is 0.393 e. The van der Waals surface area contributed by atoms with Gasteiger partial charge in [-0.1, -0.05) is 30.7 Å². The maximum atomic E-state index is 9.61. The molecule has 1 fully saturated rings. The summed E-state index contributed by atoms with van der Waals surface area (Å²) in [6, 6.07) is 8.11. The molecule has 3 heteroatoms. The van der Waals surface area contributed by atoms with Gasteiger partial charge in [0, 0.05) is 18.1 Å². The molecule has 0 aromatic heterocycles. The zero-order chi connectivity index (χ0) is 13.1. The minimum Gasteiger partial charge on any atom is -0.393 e. The van der Waals surface area contributed by atoms with Crippen LogP contribution in [0.25, 0.3) is 0 Å². The smallest absolute Gasteiger partial charge is 0.0552 e. The van der Waals surface area contributed by atoms with Crippen LogP contribution in [-0.4, -0.2) is 35.7 Å². The van der Waals surface area contributed by atoms with Crippen molar-refractivity contribution in [3.8, 4) is 0 Å². The number of nitrogens with zero attached hydrogens (tertiary/aromatic N) is 1. The molecule has 100 valence electrons. The van der Waals surface area contributed by atoms with E-state index in [0.29, 0.717) is 11.8 Å². The molecule has 0 aliphatic carbocycles. The SMILES string of the molecule is C[C@H](CN1CC[C@@H]([C@H](C)O)C1)c1cccc(Cl)c1. The summed E-state index contributed by atoms with van der Waals surface area (Å²) in [4.78, 5) is 2.45. The fourth-order valence-electron chi connectivity index (χ4n) is 2.73. The zero-order valence-corrected chi connectivity index (χ0v) is 11.9. The number of aliphatic hydroxyl groups is 1. The molecule has 1 saturated heterocycles. The van der Waals surface area contributed by atoms with Crippen LogP contribution < -0.4 is 0 Å². The Labute approximate surface area is 115 Å². The third-order valence-electron chi connectivity index (χ3n) is 3.94. The van der Waals surface area contributed by atoms with Crippen molar-refractivity contribution < 1.29 is 5.11 Å². The molecule has 1 aliphatic rings.